The third kappa shape index (κ3) is 19.8. The van der Waals surface area contributed by atoms with E-state index in [-0.39, 0.29) is 5.65 Å². The molecule has 0 aromatic rings. The van der Waals surface area contributed by atoms with E-state index in [1.165, 1.54) is 0 Å². The van der Waals surface area contributed by atoms with Crippen LogP contribution in [0.4, 0.5) is 4.79 Å². The van der Waals surface area contributed by atoms with Gasteiger partial charge in [-0.15, -0.1) is 0 Å². The van der Waals surface area contributed by atoms with Crippen LogP contribution in [0.25, 0.3) is 0 Å². The van der Waals surface area contributed by atoms with Gasteiger partial charge in [0.1, 0.15) is 0 Å². The van der Waals surface area contributed by atoms with E-state index < -0.39 is 0 Å². The number of carbonyl (C=O) groups is 1. The van der Waals surface area contributed by atoms with Crippen LogP contribution in [-0.4, -0.2) is 82.1 Å². The van der Waals surface area contributed by atoms with E-state index in [9.17, 15) is 4.79 Å². The lowest BCUT2D eigenvalue weighted by Crippen LogP contribution is -2.40. The van der Waals surface area contributed by atoms with Crippen molar-refractivity contribution < 1.29 is 9.53 Å². The summed E-state index contributed by atoms with van der Waals surface area (Å²) in [7, 11) is 3.92. The molecule has 1 N–H and O–H groups in total. The zero-order valence-corrected chi connectivity index (χ0v) is 17.2. The number of carbonyl (C=O) groups excluding carboxylic acids is 1. The van der Waals surface area contributed by atoms with Crippen LogP contribution in [0.1, 0.15) is 34.6 Å². The fraction of sp³-hybridized carbons (Fsp3) is 0.938. The number of likely N-dealkylation sites (N-methyl/N-ethyl adjacent to an activating group) is 1. The van der Waals surface area contributed by atoms with Gasteiger partial charge in [-0.3, -0.25) is 9.69 Å². The molecule has 1 aliphatic heterocycles. The predicted octanol–water partition coefficient (Wildman–Crippen LogP) is 2.96. The molecule has 22 heavy (non-hydrogen) atoms. The van der Waals surface area contributed by atoms with E-state index in [4.69, 9.17) is 4.74 Å². The first-order valence-electron chi connectivity index (χ1n) is 8.51. The summed E-state index contributed by atoms with van der Waals surface area (Å²) in [5, 5.41) is 3.31. The fourth-order valence-electron chi connectivity index (χ4n) is 1.46. The molecule has 1 amide bonds. The predicted molar refractivity (Wildman–Crippen MR) is 102 cm³/mol. The Balaban J connectivity index is -0.000000285. The van der Waals surface area contributed by atoms with Crippen molar-refractivity contribution in [1.29, 1.82) is 0 Å². The maximum atomic E-state index is 10.4. The lowest BCUT2D eigenvalue weighted by molar-refractivity contribution is 0.0385. The molecule has 1 heterocycles. The summed E-state index contributed by atoms with van der Waals surface area (Å²) in [6.07, 6.45) is 0. The second kappa shape index (κ2) is 23.1. The number of amides is 1. The molecular formula is C16H40N3O2P. The summed E-state index contributed by atoms with van der Waals surface area (Å²) in [4.78, 5) is 14.5. The second-order valence-electron chi connectivity index (χ2n) is 4.26. The van der Waals surface area contributed by atoms with Gasteiger partial charge in [-0.25, -0.2) is 0 Å². The molecule has 0 spiro atoms. The fourth-order valence-corrected chi connectivity index (χ4v) is 1.91. The van der Waals surface area contributed by atoms with E-state index >= 15 is 0 Å². The van der Waals surface area contributed by atoms with Crippen LogP contribution in [-0.2, 0) is 4.74 Å². The molecule has 1 unspecified atom stereocenters. The van der Waals surface area contributed by atoms with Crippen LogP contribution >= 0.6 is 8.58 Å². The van der Waals surface area contributed by atoms with Gasteiger partial charge in [0.2, 0.25) is 5.65 Å². The van der Waals surface area contributed by atoms with Crippen molar-refractivity contribution in [2.45, 2.75) is 34.6 Å². The maximum Gasteiger partial charge on any atom is 0.239 e. The molecule has 0 radical (unpaired) electrons. The third-order valence-electron chi connectivity index (χ3n) is 2.58. The van der Waals surface area contributed by atoms with E-state index in [0.29, 0.717) is 8.58 Å². The summed E-state index contributed by atoms with van der Waals surface area (Å²) < 4.78 is 5.24. The highest BCUT2D eigenvalue weighted by Gasteiger charge is 2.08. The third-order valence-corrected chi connectivity index (χ3v) is 3.45. The Morgan fingerprint density at radius 3 is 2.00 bits per heavy atom. The van der Waals surface area contributed by atoms with Crippen LogP contribution < -0.4 is 5.32 Å². The molecule has 0 aromatic carbocycles. The van der Waals surface area contributed by atoms with Crippen LogP contribution in [0.15, 0.2) is 0 Å². The highest BCUT2D eigenvalue weighted by molar-refractivity contribution is 7.56. The Morgan fingerprint density at radius 2 is 1.68 bits per heavy atom. The first kappa shape index (κ1) is 26.7. The molecule has 0 aromatic heterocycles. The van der Waals surface area contributed by atoms with E-state index in [2.05, 4.69) is 17.1 Å². The molecule has 5 nitrogen and oxygen atoms in total. The summed E-state index contributed by atoms with van der Waals surface area (Å²) in [6.45, 7) is 19.4. The van der Waals surface area contributed by atoms with Crippen LogP contribution in [0.3, 0.4) is 0 Å². The molecule has 0 bridgehead atoms. The van der Waals surface area contributed by atoms with Gasteiger partial charge in [0.25, 0.3) is 0 Å². The first-order valence-corrected chi connectivity index (χ1v) is 10.0. The zero-order chi connectivity index (χ0) is 17.8. The Kier molecular flexibility index (Phi) is 27.9. The van der Waals surface area contributed by atoms with Gasteiger partial charge in [-0.05, 0) is 21.8 Å². The summed E-state index contributed by atoms with van der Waals surface area (Å²) >= 11 is 0. The van der Waals surface area contributed by atoms with Gasteiger partial charge in [0.05, 0.1) is 13.2 Å². The molecule has 0 saturated carbocycles. The quantitative estimate of drug-likeness (QED) is 0.619. The SMILES string of the molecule is CC.CC.CCNCCN1CCOCC1.CPC(=O)N(C)C. The van der Waals surface area contributed by atoms with Gasteiger partial charge in [-0.1, -0.05) is 34.6 Å². The van der Waals surface area contributed by atoms with Crippen molar-refractivity contribution in [3.8, 4) is 0 Å². The Bertz CT molecular complexity index is 212. The molecule has 6 heteroatoms. The topological polar surface area (TPSA) is 44.8 Å². The van der Waals surface area contributed by atoms with Crippen LogP contribution in [0, 0.1) is 0 Å². The summed E-state index contributed by atoms with van der Waals surface area (Å²) in [5.74, 6) is 0. The summed E-state index contributed by atoms with van der Waals surface area (Å²) in [6, 6.07) is 0. The molecule has 1 fully saturated rings. The van der Waals surface area contributed by atoms with Crippen LogP contribution in [0.2, 0.25) is 0 Å². The largest absolute Gasteiger partial charge is 0.379 e. The lowest BCUT2D eigenvalue weighted by Gasteiger charge is -2.26. The van der Waals surface area contributed by atoms with Gasteiger partial charge >= 0.3 is 0 Å². The van der Waals surface area contributed by atoms with Gasteiger partial charge in [-0.2, -0.15) is 0 Å². The average molecular weight is 337 g/mol. The average Bonchev–Trinajstić information content (AvgIpc) is 2.59. The minimum Gasteiger partial charge on any atom is -0.379 e. The van der Waals surface area contributed by atoms with Crippen molar-refractivity contribution >= 4 is 14.2 Å². The standard InChI is InChI=1S/C8H18N2O.C4H10NOP.2C2H6/c1-2-9-3-4-10-5-7-11-8-6-10;1-5(2)4(6)7-3;2*1-2/h9H,2-8H2,1H3;7H,1-3H3;2*1-2H3. The minimum absolute atomic E-state index is 0.208. The van der Waals surface area contributed by atoms with Crippen molar-refractivity contribution in [1.82, 2.24) is 15.1 Å². The second-order valence-corrected chi connectivity index (χ2v) is 5.18. The highest BCUT2D eigenvalue weighted by Crippen LogP contribution is 2.06. The number of hydrogen-bond acceptors (Lipinski definition) is 4. The van der Waals surface area contributed by atoms with Crippen molar-refractivity contribution in [2.24, 2.45) is 0 Å². The zero-order valence-electron chi connectivity index (χ0n) is 16.2. The molecule has 1 atom stereocenters. The number of rotatable bonds is 5. The molecule has 0 aliphatic carbocycles. The van der Waals surface area contributed by atoms with Crippen molar-refractivity contribution in [3.63, 3.8) is 0 Å². The minimum atomic E-state index is 0.208. The monoisotopic (exact) mass is 337 g/mol. The van der Waals surface area contributed by atoms with Gasteiger partial charge < -0.3 is 15.0 Å². The first-order chi connectivity index (χ1) is 10.6. The van der Waals surface area contributed by atoms with E-state index in [0.717, 1.165) is 45.9 Å². The van der Waals surface area contributed by atoms with E-state index in [1.807, 2.05) is 34.4 Å². The maximum absolute atomic E-state index is 10.4. The number of morpholine rings is 1. The van der Waals surface area contributed by atoms with Crippen LogP contribution in [0.5, 0.6) is 0 Å². The number of hydrogen-bond donors (Lipinski definition) is 1. The molecule has 1 rings (SSSR count). The van der Waals surface area contributed by atoms with E-state index in [1.54, 1.807) is 19.0 Å². The number of nitrogens with zero attached hydrogens (tertiary/aromatic N) is 2. The Morgan fingerprint density at radius 1 is 1.18 bits per heavy atom. The number of nitrogens with one attached hydrogen (secondary N) is 1. The van der Waals surface area contributed by atoms with Gasteiger partial charge in [0.15, 0.2) is 0 Å². The normalized spacial score (nSPS) is 14.0. The summed E-state index contributed by atoms with van der Waals surface area (Å²) in [5.41, 5.74) is 0.208. The Hall–Kier alpha value is -0.220. The van der Waals surface area contributed by atoms with Crippen molar-refractivity contribution in [2.75, 3.05) is 66.7 Å². The Labute approximate surface area is 140 Å². The lowest BCUT2D eigenvalue weighted by atomic mass is 10.4. The van der Waals surface area contributed by atoms with Gasteiger partial charge in [0, 0.05) is 40.3 Å². The highest BCUT2D eigenvalue weighted by atomic mass is 31.1. The van der Waals surface area contributed by atoms with Crippen molar-refractivity contribution in [3.05, 3.63) is 0 Å². The molecule has 1 aliphatic rings. The molecule has 1 saturated heterocycles. The smallest absolute Gasteiger partial charge is 0.239 e. The molecular weight excluding hydrogens is 297 g/mol. The number of ether oxygens (including phenoxy) is 1. The molecule has 136 valence electrons.